The van der Waals surface area contributed by atoms with Crippen molar-refractivity contribution in [1.82, 2.24) is 0 Å². The van der Waals surface area contributed by atoms with Crippen LogP contribution in [-0.2, 0) is 20.7 Å². The molecule has 0 fully saturated rings. The highest BCUT2D eigenvalue weighted by Crippen LogP contribution is 2.05. The van der Waals surface area contributed by atoms with E-state index in [1.54, 1.807) is 0 Å². The average molecular weight is 235 g/mol. The molecule has 4 heteroatoms. The Balaban J connectivity index is 2.40. The summed E-state index contributed by atoms with van der Waals surface area (Å²) in [6, 6.07) is 9.01. The van der Waals surface area contributed by atoms with Crippen LogP contribution in [0, 0.1) is 0 Å². The first-order valence-electron chi connectivity index (χ1n) is 5.52. The zero-order chi connectivity index (χ0) is 12.7. The number of esters is 1. The Morgan fingerprint density at radius 2 is 1.88 bits per heavy atom. The molecule has 1 atom stereocenters. The summed E-state index contributed by atoms with van der Waals surface area (Å²) in [6.07, 6.45) is 0.735. The van der Waals surface area contributed by atoms with Crippen molar-refractivity contribution in [3.05, 3.63) is 35.9 Å². The number of carbonyl (C=O) groups excluding carboxylic acids is 2. The molecule has 4 nitrogen and oxygen atoms in total. The summed E-state index contributed by atoms with van der Waals surface area (Å²) in [4.78, 5) is 22.5. The Bertz CT molecular complexity index is 376. The molecule has 0 aliphatic heterocycles. The summed E-state index contributed by atoms with van der Waals surface area (Å²) in [5.41, 5.74) is 6.80. The summed E-state index contributed by atoms with van der Waals surface area (Å²) in [5.74, 6) is -0.496. The molecule has 0 amide bonds. The standard InChI is InChI=1S/C13H17NO3/c1-17-13(16)8-7-12(15)11(14)9-10-5-3-2-4-6-10/h2-6,11H,7-9,14H2,1H3. The molecule has 1 aromatic rings. The zero-order valence-electron chi connectivity index (χ0n) is 9.89. The first kappa shape index (κ1) is 13.4. The van der Waals surface area contributed by atoms with Crippen LogP contribution in [0.1, 0.15) is 18.4 Å². The van der Waals surface area contributed by atoms with Crippen molar-refractivity contribution < 1.29 is 14.3 Å². The highest BCUT2D eigenvalue weighted by Gasteiger charge is 2.15. The van der Waals surface area contributed by atoms with Crippen LogP contribution in [0.15, 0.2) is 30.3 Å². The van der Waals surface area contributed by atoms with Crippen LogP contribution in [0.25, 0.3) is 0 Å². The fraction of sp³-hybridized carbons (Fsp3) is 0.385. The van der Waals surface area contributed by atoms with Crippen molar-refractivity contribution >= 4 is 11.8 Å². The Labute approximate surface area is 101 Å². The first-order chi connectivity index (χ1) is 8.13. The molecular formula is C13H17NO3. The van der Waals surface area contributed by atoms with Crippen molar-refractivity contribution in [1.29, 1.82) is 0 Å². The predicted molar refractivity (Wildman–Crippen MR) is 64.4 cm³/mol. The minimum atomic E-state index is -0.554. The van der Waals surface area contributed by atoms with Crippen LogP contribution in [0.3, 0.4) is 0 Å². The number of nitrogens with two attached hydrogens (primary N) is 1. The summed E-state index contributed by atoms with van der Waals surface area (Å²) in [7, 11) is 1.30. The van der Waals surface area contributed by atoms with Gasteiger partial charge < -0.3 is 10.5 Å². The molecule has 92 valence electrons. The molecule has 0 radical (unpaired) electrons. The maximum atomic E-state index is 11.6. The lowest BCUT2D eigenvalue weighted by molar-refractivity contribution is -0.142. The number of benzene rings is 1. The zero-order valence-corrected chi connectivity index (χ0v) is 9.89. The fourth-order valence-electron chi connectivity index (χ4n) is 1.49. The van der Waals surface area contributed by atoms with Crippen molar-refractivity contribution in [2.75, 3.05) is 7.11 Å². The molecule has 1 aromatic carbocycles. The molecule has 17 heavy (non-hydrogen) atoms. The van der Waals surface area contributed by atoms with Gasteiger partial charge in [0.2, 0.25) is 0 Å². The topological polar surface area (TPSA) is 69.4 Å². The molecule has 0 aliphatic rings. The molecule has 0 aliphatic carbocycles. The number of methoxy groups -OCH3 is 1. The van der Waals surface area contributed by atoms with E-state index in [-0.39, 0.29) is 24.6 Å². The second-order valence-corrected chi connectivity index (χ2v) is 3.84. The van der Waals surface area contributed by atoms with Crippen LogP contribution in [-0.4, -0.2) is 24.9 Å². The number of hydrogen-bond acceptors (Lipinski definition) is 4. The second kappa shape index (κ2) is 6.81. The van der Waals surface area contributed by atoms with Gasteiger partial charge >= 0.3 is 5.97 Å². The molecule has 0 heterocycles. The van der Waals surface area contributed by atoms with Gasteiger partial charge in [0.05, 0.1) is 19.6 Å². The van der Waals surface area contributed by atoms with E-state index in [1.807, 2.05) is 30.3 Å². The lowest BCUT2D eigenvalue weighted by Crippen LogP contribution is -2.33. The van der Waals surface area contributed by atoms with Crippen LogP contribution in [0.4, 0.5) is 0 Å². The third kappa shape index (κ3) is 4.78. The summed E-state index contributed by atoms with van der Waals surface area (Å²) in [6.45, 7) is 0. The van der Waals surface area contributed by atoms with Gasteiger partial charge in [-0.15, -0.1) is 0 Å². The minimum Gasteiger partial charge on any atom is -0.469 e. The van der Waals surface area contributed by atoms with Gasteiger partial charge in [0.15, 0.2) is 0 Å². The van der Waals surface area contributed by atoms with Crippen LogP contribution in [0.2, 0.25) is 0 Å². The molecule has 0 saturated heterocycles. The van der Waals surface area contributed by atoms with Gasteiger partial charge in [0, 0.05) is 6.42 Å². The second-order valence-electron chi connectivity index (χ2n) is 3.84. The van der Waals surface area contributed by atoms with Gasteiger partial charge in [0.1, 0.15) is 5.78 Å². The summed E-state index contributed by atoms with van der Waals surface area (Å²) in [5, 5.41) is 0. The van der Waals surface area contributed by atoms with Gasteiger partial charge in [-0.05, 0) is 12.0 Å². The smallest absolute Gasteiger partial charge is 0.305 e. The lowest BCUT2D eigenvalue weighted by Gasteiger charge is -2.10. The van der Waals surface area contributed by atoms with Gasteiger partial charge in [0.25, 0.3) is 0 Å². The first-order valence-corrected chi connectivity index (χ1v) is 5.52. The molecule has 0 bridgehead atoms. The van der Waals surface area contributed by atoms with Crippen LogP contribution >= 0.6 is 0 Å². The number of hydrogen-bond donors (Lipinski definition) is 1. The van der Waals surface area contributed by atoms with Crippen molar-refractivity contribution in [2.45, 2.75) is 25.3 Å². The quantitative estimate of drug-likeness (QED) is 0.749. The van der Waals surface area contributed by atoms with Crippen molar-refractivity contribution in [3.8, 4) is 0 Å². The maximum absolute atomic E-state index is 11.6. The Morgan fingerprint density at radius 1 is 1.24 bits per heavy atom. The Kier molecular flexibility index (Phi) is 5.36. The minimum absolute atomic E-state index is 0.0951. The van der Waals surface area contributed by atoms with E-state index >= 15 is 0 Å². The molecule has 1 unspecified atom stereocenters. The molecule has 0 spiro atoms. The maximum Gasteiger partial charge on any atom is 0.305 e. The molecule has 0 aromatic heterocycles. The third-order valence-electron chi connectivity index (χ3n) is 2.52. The van der Waals surface area contributed by atoms with E-state index in [0.717, 1.165) is 5.56 Å². The normalized spacial score (nSPS) is 11.9. The van der Waals surface area contributed by atoms with E-state index in [4.69, 9.17) is 5.73 Å². The van der Waals surface area contributed by atoms with E-state index in [9.17, 15) is 9.59 Å². The Hall–Kier alpha value is -1.68. The number of rotatable bonds is 6. The van der Waals surface area contributed by atoms with Crippen LogP contribution in [0.5, 0.6) is 0 Å². The summed E-state index contributed by atoms with van der Waals surface area (Å²) >= 11 is 0. The van der Waals surface area contributed by atoms with Gasteiger partial charge in [-0.3, -0.25) is 9.59 Å². The van der Waals surface area contributed by atoms with Gasteiger partial charge in [-0.1, -0.05) is 30.3 Å². The van der Waals surface area contributed by atoms with Gasteiger partial charge in [-0.2, -0.15) is 0 Å². The monoisotopic (exact) mass is 235 g/mol. The molecular weight excluding hydrogens is 218 g/mol. The molecule has 0 saturated carbocycles. The SMILES string of the molecule is COC(=O)CCC(=O)C(N)Cc1ccccc1. The van der Waals surface area contributed by atoms with Crippen molar-refractivity contribution in [3.63, 3.8) is 0 Å². The van der Waals surface area contributed by atoms with E-state index < -0.39 is 6.04 Å². The lowest BCUT2D eigenvalue weighted by atomic mass is 10.0. The van der Waals surface area contributed by atoms with E-state index in [2.05, 4.69) is 4.74 Å². The number of ether oxygens (including phenoxy) is 1. The highest BCUT2D eigenvalue weighted by atomic mass is 16.5. The van der Waals surface area contributed by atoms with Gasteiger partial charge in [-0.25, -0.2) is 0 Å². The van der Waals surface area contributed by atoms with E-state index in [0.29, 0.717) is 6.42 Å². The predicted octanol–water partition coefficient (Wildman–Crippen LogP) is 1.08. The van der Waals surface area contributed by atoms with Crippen molar-refractivity contribution in [2.24, 2.45) is 5.73 Å². The number of ketones is 1. The number of Topliss-reactive ketones (excluding diaryl/α,β-unsaturated/α-hetero) is 1. The third-order valence-corrected chi connectivity index (χ3v) is 2.52. The van der Waals surface area contributed by atoms with Crippen LogP contribution < -0.4 is 5.73 Å². The van der Waals surface area contributed by atoms with E-state index in [1.165, 1.54) is 7.11 Å². The Morgan fingerprint density at radius 3 is 2.47 bits per heavy atom. The fourth-order valence-corrected chi connectivity index (χ4v) is 1.49. The average Bonchev–Trinajstić information content (AvgIpc) is 2.36. The summed E-state index contributed by atoms with van der Waals surface area (Å²) < 4.78 is 4.47. The highest BCUT2D eigenvalue weighted by molar-refractivity contribution is 5.87. The largest absolute Gasteiger partial charge is 0.469 e. The molecule has 2 N–H and O–H groups in total. The number of carbonyl (C=O) groups is 2. The molecule has 1 rings (SSSR count).